The number of esters is 1. The lowest BCUT2D eigenvalue weighted by Gasteiger charge is -2.11. The summed E-state index contributed by atoms with van der Waals surface area (Å²) in [5, 5.41) is 2.92. The van der Waals surface area contributed by atoms with Gasteiger partial charge < -0.3 is 19.5 Å². The van der Waals surface area contributed by atoms with Crippen molar-refractivity contribution in [1.82, 2.24) is 0 Å². The Hall–Kier alpha value is -3.06. The van der Waals surface area contributed by atoms with E-state index in [2.05, 4.69) is 5.32 Å². The molecule has 8 heteroatoms. The van der Waals surface area contributed by atoms with Gasteiger partial charge in [0.25, 0.3) is 0 Å². The molecule has 0 aliphatic carbocycles. The zero-order valence-electron chi connectivity index (χ0n) is 16.4. The molecule has 2 rings (SSSR count). The normalized spacial score (nSPS) is 10.2. The molecule has 0 bridgehead atoms. The summed E-state index contributed by atoms with van der Waals surface area (Å²) >= 11 is 6.08. The molecule has 29 heavy (non-hydrogen) atoms. The molecule has 0 unspecified atom stereocenters. The third-order valence-corrected chi connectivity index (χ3v) is 4.25. The SMILES string of the molecule is CCCC(=O)Nc1ccc(C(=O)COC(=O)c2cc(Cl)c(OC)c(OC)c2)cc1. The molecule has 1 amide bonds. The number of benzene rings is 2. The van der Waals surface area contributed by atoms with Crippen LogP contribution in [-0.2, 0) is 9.53 Å². The maximum Gasteiger partial charge on any atom is 0.338 e. The Kier molecular flexibility index (Phi) is 8.03. The van der Waals surface area contributed by atoms with E-state index in [1.54, 1.807) is 24.3 Å². The van der Waals surface area contributed by atoms with Crippen LogP contribution in [0.5, 0.6) is 11.5 Å². The topological polar surface area (TPSA) is 90.9 Å². The van der Waals surface area contributed by atoms with Gasteiger partial charge in [-0.2, -0.15) is 0 Å². The minimum absolute atomic E-state index is 0.0888. The lowest BCUT2D eigenvalue weighted by molar-refractivity contribution is -0.116. The number of ether oxygens (including phenoxy) is 3. The van der Waals surface area contributed by atoms with Gasteiger partial charge >= 0.3 is 5.97 Å². The molecule has 0 saturated heterocycles. The van der Waals surface area contributed by atoms with Crippen LogP contribution < -0.4 is 14.8 Å². The lowest BCUT2D eigenvalue weighted by atomic mass is 10.1. The van der Waals surface area contributed by atoms with Gasteiger partial charge in [0.2, 0.25) is 5.91 Å². The Labute approximate surface area is 173 Å². The predicted octanol–water partition coefficient (Wildman–Crippen LogP) is 4.14. The average Bonchev–Trinajstić information content (AvgIpc) is 2.71. The second-order valence-corrected chi connectivity index (χ2v) is 6.48. The largest absolute Gasteiger partial charge is 0.493 e. The van der Waals surface area contributed by atoms with Crippen molar-refractivity contribution in [1.29, 1.82) is 0 Å². The second kappa shape index (κ2) is 10.5. The number of Topliss-reactive ketones (excluding diaryl/α,β-unsaturated/α-hetero) is 1. The van der Waals surface area contributed by atoms with Crippen LogP contribution in [0.1, 0.15) is 40.5 Å². The van der Waals surface area contributed by atoms with Gasteiger partial charge in [-0.3, -0.25) is 9.59 Å². The molecular formula is C21H22ClNO6. The smallest absolute Gasteiger partial charge is 0.338 e. The molecule has 0 spiro atoms. The number of hydrogen-bond donors (Lipinski definition) is 1. The first-order valence-corrected chi connectivity index (χ1v) is 9.29. The third kappa shape index (κ3) is 5.96. The monoisotopic (exact) mass is 419 g/mol. The van der Waals surface area contributed by atoms with Gasteiger partial charge in [0, 0.05) is 17.7 Å². The van der Waals surface area contributed by atoms with Gasteiger partial charge in [0.05, 0.1) is 24.8 Å². The molecule has 2 aromatic rings. The highest BCUT2D eigenvalue weighted by Gasteiger charge is 2.17. The van der Waals surface area contributed by atoms with Crippen molar-refractivity contribution < 1.29 is 28.6 Å². The highest BCUT2D eigenvalue weighted by Crippen LogP contribution is 2.36. The fourth-order valence-electron chi connectivity index (χ4n) is 2.52. The van der Waals surface area contributed by atoms with Crippen molar-refractivity contribution in [3.05, 3.63) is 52.5 Å². The van der Waals surface area contributed by atoms with Crippen molar-refractivity contribution in [3.8, 4) is 11.5 Å². The van der Waals surface area contributed by atoms with E-state index in [0.717, 1.165) is 6.42 Å². The number of carbonyl (C=O) groups excluding carboxylic acids is 3. The zero-order chi connectivity index (χ0) is 21.4. The zero-order valence-corrected chi connectivity index (χ0v) is 17.2. The molecule has 1 N–H and O–H groups in total. The van der Waals surface area contributed by atoms with Gasteiger partial charge in [0.15, 0.2) is 23.9 Å². The number of carbonyl (C=O) groups is 3. The van der Waals surface area contributed by atoms with Crippen molar-refractivity contribution >= 4 is 34.9 Å². The van der Waals surface area contributed by atoms with Crippen molar-refractivity contribution in [2.24, 2.45) is 0 Å². The summed E-state index contributed by atoms with van der Waals surface area (Å²) in [5.74, 6) is -0.609. The van der Waals surface area contributed by atoms with Crippen LogP contribution in [0, 0.1) is 0 Å². The van der Waals surface area contributed by atoms with Crippen molar-refractivity contribution in [3.63, 3.8) is 0 Å². The Morgan fingerprint density at radius 2 is 1.69 bits per heavy atom. The number of ketones is 1. The van der Waals surface area contributed by atoms with E-state index in [4.69, 9.17) is 25.8 Å². The van der Waals surface area contributed by atoms with E-state index < -0.39 is 12.6 Å². The summed E-state index contributed by atoms with van der Waals surface area (Å²) in [7, 11) is 2.85. The number of rotatable bonds is 9. The first-order valence-electron chi connectivity index (χ1n) is 8.91. The molecule has 2 aromatic carbocycles. The molecular weight excluding hydrogens is 398 g/mol. The minimum Gasteiger partial charge on any atom is -0.493 e. The minimum atomic E-state index is -0.718. The molecule has 0 heterocycles. The highest BCUT2D eigenvalue weighted by molar-refractivity contribution is 6.32. The van der Waals surface area contributed by atoms with Crippen LogP contribution in [0.4, 0.5) is 5.69 Å². The van der Waals surface area contributed by atoms with Gasteiger partial charge in [-0.05, 0) is 42.8 Å². The van der Waals surface area contributed by atoms with Crippen LogP contribution >= 0.6 is 11.6 Å². The first kappa shape index (κ1) is 22.2. The van der Waals surface area contributed by atoms with E-state index in [1.165, 1.54) is 26.4 Å². The summed E-state index contributed by atoms with van der Waals surface area (Å²) in [6.07, 6.45) is 1.18. The summed E-state index contributed by atoms with van der Waals surface area (Å²) < 4.78 is 15.3. The predicted molar refractivity (Wildman–Crippen MR) is 109 cm³/mol. The van der Waals surface area contributed by atoms with Crippen LogP contribution in [0.25, 0.3) is 0 Å². The molecule has 0 radical (unpaired) electrons. The Bertz CT molecular complexity index is 895. The Morgan fingerprint density at radius 3 is 2.28 bits per heavy atom. The van der Waals surface area contributed by atoms with E-state index in [9.17, 15) is 14.4 Å². The first-order chi connectivity index (χ1) is 13.9. The fraction of sp³-hybridized carbons (Fsp3) is 0.286. The van der Waals surface area contributed by atoms with Crippen LogP contribution in [-0.4, -0.2) is 38.5 Å². The Morgan fingerprint density at radius 1 is 1.00 bits per heavy atom. The average molecular weight is 420 g/mol. The summed E-state index contributed by atoms with van der Waals surface area (Å²) in [6, 6.07) is 9.16. The number of hydrogen-bond acceptors (Lipinski definition) is 6. The molecule has 0 aliphatic heterocycles. The molecule has 0 aliphatic rings. The molecule has 0 atom stereocenters. The summed E-state index contributed by atoms with van der Waals surface area (Å²) in [4.78, 5) is 36.1. The van der Waals surface area contributed by atoms with E-state index in [-0.39, 0.29) is 28.0 Å². The number of amides is 1. The lowest BCUT2D eigenvalue weighted by Crippen LogP contribution is -2.15. The Balaban J connectivity index is 1.99. The van der Waals surface area contributed by atoms with Crippen molar-refractivity contribution in [2.45, 2.75) is 19.8 Å². The quantitative estimate of drug-likeness (QED) is 0.485. The number of halogens is 1. The van der Waals surface area contributed by atoms with Crippen LogP contribution in [0.3, 0.4) is 0 Å². The molecule has 0 fully saturated rings. The standard InChI is InChI=1S/C21H22ClNO6/c1-4-5-19(25)23-15-8-6-13(7-9-15)17(24)12-29-21(26)14-10-16(22)20(28-3)18(11-14)27-2/h6-11H,4-5,12H2,1-3H3,(H,23,25). The van der Waals surface area contributed by atoms with Gasteiger partial charge in [0.1, 0.15) is 0 Å². The number of methoxy groups -OCH3 is 2. The maximum absolute atomic E-state index is 12.3. The number of nitrogens with one attached hydrogen (secondary N) is 1. The fourth-order valence-corrected chi connectivity index (χ4v) is 2.81. The van der Waals surface area contributed by atoms with Gasteiger partial charge in [-0.15, -0.1) is 0 Å². The molecule has 0 aromatic heterocycles. The molecule has 154 valence electrons. The van der Waals surface area contributed by atoms with Gasteiger partial charge in [-0.25, -0.2) is 4.79 Å². The van der Waals surface area contributed by atoms with Gasteiger partial charge in [-0.1, -0.05) is 18.5 Å². The summed E-state index contributed by atoms with van der Waals surface area (Å²) in [5.41, 5.74) is 1.09. The van der Waals surface area contributed by atoms with E-state index >= 15 is 0 Å². The van der Waals surface area contributed by atoms with Crippen LogP contribution in [0.2, 0.25) is 5.02 Å². The van der Waals surface area contributed by atoms with E-state index in [0.29, 0.717) is 23.4 Å². The van der Waals surface area contributed by atoms with Crippen molar-refractivity contribution in [2.75, 3.05) is 26.1 Å². The van der Waals surface area contributed by atoms with E-state index in [1.807, 2.05) is 6.92 Å². The number of anilines is 1. The molecule has 7 nitrogen and oxygen atoms in total. The second-order valence-electron chi connectivity index (χ2n) is 6.07. The third-order valence-electron chi connectivity index (χ3n) is 3.97. The van der Waals surface area contributed by atoms with Crippen LogP contribution in [0.15, 0.2) is 36.4 Å². The maximum atomic E-state index is 12.3. The molecule has 0 saturated carbocycles. The highest BCUT2D eigenvalue weighted by atomic mass is 35.5. The summed E-state index contributed by atoms with van der Waals surface area (Å²) in [6.45, 7) is 1.48.